The van der Waals surface area contributed by atoms with Crippen LogP contribution in [-0.4, -0.2) is 12.5 Å². The molecule has 0 aliphatic heterocycles. The minimum atomic E-state index is -0.173. The van der Waals surface area contributed by atoms with Gasteiger partial charge in [-0.05, 0) is 41.2 Å². The number of carbonyl (C=O) groups is 1. The molecule has 0 aliphatic rings. The van der Waals surface area contributed by atoms with E-state index in [-0.39, 0.29) is 17.9 Å². The molecule has 0 aromatic heterocycles. The van der Waals surface area contributed by atoms with Gasteiger partial charge in [-0.1, -0.05) is 62.7 Å². The number of carbonyl (C=O) groups excluding carboxylic acids is 1. The summed E-state index contributed by atoms with van der Waals surface area (Å²) in [5.74, 6) is 0.520. The molecule has 3 nitrogen and oxygen atoms in total. The molecule has 0 saturated carbocycles. The van der Waals surface area contributed by atoms with E-state index < -0.39 is 0 Å². The first-order valence-corrected chi connectivity index (χ1v) is 8.53. The van der Waals surface area contributed by atoms with Crippen LogP contribution < -0.4 is 10.1 Å². The zero-order valence-corrected chi connectivity index (χ0v) is 15.2. The van der Waals surface area contributed by atoms with E-state index in [1.807, 2.05) is 30.3 Å². The molecule has 0 spiro atoms. The number of halogens is 1. The molecule has 2 aromatic rings. The number of hydrogen-bond acceptors (Lipinski definition) is 2. The Morgan fingerprint density at radius 2 is 1.79 bits per heavy atom. The van der Waals surface area contributed by atoms with E-state index in [2.05, 4.69) is 38.2 Å². The second kappa shape index (κ2) is 8.20. The fraction of sp³-hybridized carbons (Fsp3) is 0.350. The minimum absolute atomic E-state index is 0.0129. The third kappa shape index (κ3) is 5.00. The molecule has 0 bridgehead atoms. The summed E-state index contributed by atoms with van der Waals surface area (Å²) in [4.78, 5) is 11.9. The number of amides is 1. The molecule has 0 atom stereocenters. The molecule has 0 saturated heterocycles. The molecule has 0 aliphatic carbocycles. The van der Waals surface area contributed by atoms with Crippen LogP contribution >= 0.6 is 11.6 Å². The van der Waals surface area contributed by atoms with Crippen LogP contribution in [0.15, 0.2) is 48.5 Å². The van der Waals surface area contributed by atoms with Crippen molar-refractivity contribution in [3.8, 4) is 5.75 Å². The standard InChI is InChI=1S/C20H24ClNO2/c1-4-20(2,3)16-9-11-17(12-10-16)24-14-19(23)22-13-15-7-5-6-8-18(15)21/h5-12H,4,13-14H2,1-3H3,(H,22,23). The summed E-state index contributed by atoms with van der Waals surface area (Å²) >= 11 is 6.06. The zero-order valence-electron chi connectivity index (χ0n) is 14.4. The minimum Gasteiger partial charge on any atom is -0.484 e. The van der Waals surface area contributed by atoms with Crippen LogP contribution in [0.25, 0.3) is 0 Å². The van der Waals surface area contributed by atoms with Gasteiger partial charge in [-0.3, -0.25) is 4.79 Å². The monoisotopic (exact) mass is 345 g/mol. The molecule has 2 rings (SSSR count). The molecule has 128 valence electrons. The Morgan fingerprint density at radius 1 is 1.12 bits per heavy atom. The van der Waals surface area contributed by atoms with E-state index >= 15 is 0 Å². The van der Waals surface area contributed by atoms with Crippen molar-refractivity contribution in [1.82, 2.24) is 5.32 Å². The van der Waals surface area contributed by atoms with Crippen LogP contribution in [0.2, 0.25) is 5.02 Å². The van der Waals surface area contributed by atoms with Crippen molar-refractivity contribution in [2.24, 2.45) is 0 Å². The van der Waals surface area contributed by atoms with E-state index in [9.17, 15) is 4.79 Å². The fourth-order valence-electron chi connectivity index (χ4n) is 2.24. The second-order valence-electron chi connectivity index (χ2n) is 6.42. The summed E-state index contributed by atoms with van der Waals surface area (Å²) in [5, 5.41) is 3.45. The third-order valence-electron chi connectivity index (χ3n) is 4.32. The maximum absolute atomic E-state index is 11.9. The number of hydrogen-bond donors (Lipinski definition) is 1. The van der Waals surface area contributed by atoms with Crippen LogP contribution in [0, 0.1) is 0 Å². The summed E-state index contributed by atoms with van der Waals surface area (Å²) in [6.45, 7) is 6.98. The Hall–Kier alpha value is -2.00. The Kier molecular flexibility index (Phi) is 6.27. The van der Waals surface area contributed by atoms with Gasteiger partial charge in [0.2, 0.25) is 0 Å². The highest BCUT2D eigenvalue weighted by Gasteiger charge is 2.17. The molecule has 0 radical (unpaired) electrons. The summed E-state index contributed by atoms with van der Waals surface area (Å²) in [5.41, 5.74) is 2.30. The van der Waals surface area contributed by atoms with Crippen molar-refractivity contribution in [2.75, 3.05) is 6.61 Å². The zero-order chi connectivity index (χ0) is 17.6. The molecule has 24 heavy (non-hydrogen) atoms. The molecule has 2 aromatic carbocycles. The smallest absolute Gasteiger partial charge is 0.258 e. The lowest BCUT2D eigenvalue weighted by Gasteiger charge is -2.23. The van der Waals surface area contributed by atoms with Crippen molar-refractivity contribution < 1.29 is 9.53 Å². The Labute approximate surface area is 149 Å². The highest BCUT2D eigenvalue weighted by Crippen LogP contribution is 2.28. The molecule has 0 unspecified atom stereocenters. The average Bonchev–Trinajstić information content (AvgIpc) is 2.59. The van der Waals surface area contributed by atoms with Crippen molar-refractivity contribution in [3.05, 3.63) is 64.7 Å². The van der Waals surface area contributed by atoms with Gasteiger partial charge in [0, 0.05) is 11.6 Å². The highest BCUT2D eigenvalue weighted by atomic mass is 35.5. The van der Waals surface area contributed by atoms with Crippen LogP contribution in [0.1, 0.15) is 38.3 Å². The predicted octanol–water partition coefficient (Wildman–Crippen LogP) is 4.72. The first kappa shape index (κ1) is 18.3. The average molecular weight is 346 g/mol. The number of ether oxygens (including phenoxy) is 1. The first-order chi connectivity index (χ1) is 11.4. The molecule has 0 fully saturated rings. The van der Waals surface area contributed by atoms with Crippen LogP contribution in [-0.2, 0) is 16.8 Å². The van der Waals surface area contributed by atoms with Crippen molar-refractivity contribution in [2.45, 2.75) is 39.2 Å². The van der Waals surface area contributed by atoms with Crippen LogP contribution in [0.5, 0.6) is 5.75 Å². The van der Waals surface area contributed by atoms with Gasteiger partial charge in [0.25, 0.3) is 5.91 Å². The SMILES string of the molecule is CCC(C)(C)c1ccc(OCC(=O)NCc2ccccc2Cl)cc1. The Balaban J connectivity index is 1.83. The lowest BCUT2D eigenvalue weighted by atomic mass is 9.82. The van der Waals surface area contributed by atoms with Crippen LogP contribution in [0.3, 0.4) is 0 Å². The van der Waals surface area contributed by atoms with E-state index in [1.54, 1.807) is 6.07 Å². The van der Waals surface area contributed by atoms with E-state index in [0.717, 1.165) is 12.0 Å². The molecule has 1 amide bonds. The number of nitrogens with one attached hydrogen (secondary N) is 1. The molecule has 4 heteroatoms. The summed E-state index contributed by atoms with van der Waals surface area (Å²) < 4.78 is 5.54. The summed E-state index contributed by atoms with van der Waals surface area (Å²) in [6, 6.07) is 15.4. The second-order valence-corrected chi connectivity index (χ2v) is 6.83. The lowest BCUT2D eigenvalue weighted by molar-refractivity contribution is -0.123. The van der Waals surface area contributed by atoms with E-state index in [0.29, 0.717) is 17.3 Å². The van der Waals surface area contributed by atoms with Gasteiger partial charge in [0.1, 0.15) is 5.75 Å². The van der Waals surface area contributed by atoms with Gasteiger partial charge in [-0.2, -0.15) is 0 Å². The Bertz CT molecular complexity index is 680. The van der Waals surface area contributed by atoms with E-state index in [1.165, 1.54) is 5.56 Å². The van der Waals surface area contributed by atoms with Crippen molar-refractivity contribution in [1.29, 1.82) is 0 Å². The van der Waals surface area contributed by atoms with Gasteiger partial charge in [-0.15, -0.1) is 0 Å². The predicted molar refractivity (Wildman–Crippen MR) is 98.6 cm³/mol. The van der Waals surface area contributed by atoms with E-state index in [4.69, 9.17) is 16.3 Å². The Morgan fingerprint density at radius 3 is 2.42 bits per heavy atom. The molecular weight excluding hydrogens is 322 g/mol. The largest absolute Gasteiger partial charge is 0.484 e. The van der Waals surface area contributed by atoms with Crippen molar-refractivity contribution >= 4 is 17.5 Å². The molecular formula is C20H24ClNO2. The number of rotatable bonds is 7. The maximum atomic E-state index is 11.9. The highest BCUT2D eigenvalue weighted by molar-refractivity contribution is 6.31. The quantitative estimate of drug-likeness (QED) is 0.788. The summed E-state index contributed by atoms with van der Waals surface area (Å²) in [6.07, 6.45) is 1.07. The third-order valence-corrected chi connectivity index (χ3v) is 4.69. The number of benzene rings is 2. The first-order valence-electron chi connectivity index (χ1n) is 8.16. The van der Waals surface area contributed by atoms with Crippen LogP contribution in [0.4, 0.5) is 0 Å². The topological polar surface area (TPSA) is 38.3 Å². The van der Waals surface area contributed by atoms with Gasteiger partial charge < -0.3 is 10.1 Å². The van der Waals surface area contributed by atoms with Crippen molar-refractivity contribution in [3.63, 3.8) is 0 Å². The van der Waals surface area contributed by atoms with Gasteiger partial charge >= 0.3 is 0 Å². The normalized spacial score (nSPS) is 11.2. The lowest BCUT2D eigenvalue weighted by Crippen LogP contribution is -2.28. The van der Waals surface area contributed by atoms with Gasteiger partial charge in [0.05, 0.1) is 0 Å². The fourth-order valence-corrected chi connectivity index (χ4v) is 2.44. The maximum Gasteiger partial charge on any atom is 0.258 e. The molecule has 0 heterocycles. The molecule has 1 N–H and O–H groups in total. The summed E-state index contributed by atoms with van der Waals surface area (Å²) in [7, 11) is 0. The van der Waals surface area contributed by atoms with Gasteiger partial charge in [-0.25, -0.2) is 0 Å². The van der Waals surface area contributed by atoms with Gasteiger partial charge in [0.15, 0.2) is 6.61 Å².